The lowest BCUT2D eigenvalue weighted by Crippen LogP contribution is -2.19. The third-order valence-electron chi connectivity index (χ3n) is 2.90. The molecule has 0 aromatic heterocycles. The van der Waals surface area contributed by atoms with Gasteiger partial charge in [-0.15, -0.1) is 0 Å². The normalized spacial score (nSPS) is 11.5. The van der Waals surface area contributed by atoms with Crippen molar-refractivity contribution in [1.29, 1.82) is 0 Å². The van der Waals surface area contributed by atoms with Crippen LogP contribution in [0.1, 0.15) is 24.8 Å². The van der Waals surface area contributed by atoms with Crippen molar-refractivity contribution in [2.45, 2.75) is 25.7 Å². The standard InChI is InChI=1S/C13H20N4O3/c14-13(16-18)3-1-2-9-15-10-8-11-4-6-12(7-5-11)17(19)20/h4-7,15,18H,1-3,8-10H2,(H2,14,16). The van der Waals surface area contributed by atoms with E-state index >= 15 is 0 Å². The van der Waals surface area contributed by atoms with Crippen molar-refractivity contribution in [3.8, 4) is 0 Å². The molecule has 0 saturated heterocycles. The van der Waals surface area contributed by atoms with E-state index in [4.69, 9.17) is 10.9 Å². The maximum absolute atomic E-state index is 10.5. The van der Waals surface area contributed by atoms with Crippen molar-refractivity contribution < 1.29 is 10.1 Å². The Morgan fingerprint density at radius 3 is 2.60 bits per heavy atom. The average Bonchev–Trinajstić information content (AvgIpc) is 2.46. The molecule has 0 heterocycles. The van der Waals surface area contributed by atoms with Gasteiger partial charge in [0.2, 0.25) is 0 Å². The maximum atomic E-state index is 10.5. The van der Waals surface area contributed by atoms with Gasteiger partial charge >= 0.3 is 0 Å². The summed E-state index contributed by atoms with van der Waals surface area (Å²) >= 11 is 0. The van der Waals surface area contributed by atoms with E-state index in [-0.39, 0.29) is 11.5 Å². The molecule has 0 spiro atoms. The first-order valence-electron chi connectivity index (χ1n) is 6.54. The van der Waals surface area contributed by atoms with Gasteiger partial charge in [-0.2, -0.15) is 0 Å². The number of hydrogen-bond acceptors (Lipinski definition) is 5. The van der Waals surface area contributed by atoms with E-state index in [0.717, 1.165) is 37.9 Å². The van der Waals surface area contributed by atoms with Crippen LogP contribution in [0.4, 0.5) is 5.69 Å². The zero-order valence-electron chi connectivity index (χ0n) is 11.3. The molecule has 0 atom stereocenters. The Morgan fingerprint density at radius 2 is 2.00 bits per heavy atom. The molecule has 1 rings (SSSR count). The first-order chi connectivity index (χ1) is 9.63. The fraction of sp³-hybridized carbons (Fsp3) is 0.462. The second-order valence-electron chi connectivity index (χ2n) is 4.47. The summed E-state index contributed by atoms with van der Waals surface area (Å²) in [6.07, 6.45) is 3.26. The van der Waals surface area contributed by atoms with E-state index in [1.165, 1.54) is 12.1 Å². The van der Waals surface area contributed by atoms with Gasteiger partial charge in [-0.1, -0.05) is 17.3 Å². The number of amidine groups is 1. The second-order valence-corrected chi connectivity index (χ2v) is 4.47. The summed E-state index contributed by atoms with van der Waals surface area (Å²) < 4.78 is 0. The van der Waals surface area contributed by atoms with E-state index in [2.05, 4.69) is 10.5 Å². The van der Waals surface area contributed by atoms with Crippen molar-refractivity contribution in [3.05, 3.63) is 39.9 Å². The van der Waals surface area contributed by atoms with Crippen LogP contribution in [0, 0.1) is 10.1 Å². The van der Waals surface area contributed by atoms with Crippen LogP contribution in [0.25, 0.3) is 0 Å². The van der Waals surface area contributed by atoms with Gasteiger partial charge in [-0.3, -0.25) is 10.1 Å². The highest BCUT2D eigenvalue weighted by Crippen LogP contribution is 2.11. The number of rotatable bonds is 9. The SMILES string of the molecule is NC(CCCCNCCc1ccc([N+](=O)[O-])cc1)=NO. The molecule has 0 unspecified atom stereocenters. The number of oxime groups is 1. The molecule has 20 heavy (non-hydrogen) atoms. The van der Waals surface area contributed by atoms with E-state index in [1.807, 2.05) is 0 Å². The topological polar surface area (TPSA) is 114 Å². The van der Waals surface area contributed by atoms with E-state index in [0.29, 0.717) is 6.42 Å². The van der Waals surface area contributed by atoms with Gasteiger partial charge in [0.25, 0.3) is 5.69 Å². The highest BCUT2D eigenvalue weighted by molar-refractivity contribution is 5.79. The van der Waals surface area contributed by atoms with Gasteiger partial charge in [0, 0.05) is 18.6 Å². The Kier molecular flexibility index (Phi) is 7.05. The van der Waals surface area contributed by atoms with Gasteiger partial charge < -0.3 is 16.3 Å². The number of nitro benzene ring substituents is 1. The van der Waals surface area contributed by atoms with Gasteiger partial charge in [0.15, 0.2) is 0 Å². The summed E-state index contributed by atoms with van der Waals surface area (Å²) in [7, 11) is 0. The number of nitrogens with two attached hydrogens (primary N) is 1. The van der Waals surface area contributed by atoms with Crippen LogP contribution < -0.4 is 11.1 Å². The van der Waals surface area contributed by atoms with Crippen molar-refractivity contribution in [2.24, 2.45) is 10.9 Å². The molecule has 0 amide bonds. The molecule has 4 N–H and O–H groups in total. The lowest BCUT2D eigenvalue weighted by molar-refractivity contribution is -0.384. The largest absolute Gasteiger partial charge is 0.409 e. The molecule has 0 radical (unpaired) electrons. The minimum atomic E-state index is -0.399. The highest BCUT2D eigenvalue weighted by atomic mass is 16.6. The van der Waals surface area contributed by atoms with Crippen LogP contribution >= 0.6 is 0 Å². The number of nitrogens with one attached hydrogen (secondary N) is 1. The Hall–Kier alpha value is -2.15. The predicted molar refractivity (Wildman–Crippen MR) is 76.9 cm³/mol. The Balaban J connectivity index is 2.11. The Bertz CT molecular complexity index is 445. The van der Waals surface area contributed by atoms with Crippen LogP contribution in [0.2, 0.25) is 0 Å². The number of nitro groups is 1. The molecule has 1 aromatic carbocycles. The quantitative estimate of drug-likeness (QED) is 0.159. The summed E-state index contributed by atoms with van der Waals surface area (Å²) in [5, 5.41) is 25.1. The molecule has 0 saturated carbocycles. The maximum Gasteiger partial charge on any atom is 0.269 e. The van der Waals surface area contributed by atoms with E-state index in [1.54, 1.807) is 12.1 Å². The molecule has 1 aromatic rings. The van der Waals surface area contributed by atoms with E-state index in [9.17, 15) is 10.1 Å². The Morgan fingerprint density at radius 1 is 1.30 bits per heavy atom. The van der Waals surface area contributed by atoms with Crippen LogP contribution in [0.5, 0.6) is 0 Å². The lowest BCUT2D eigenvalue weighted by Gasteiger charge is -2.04. The number of hydrogen-bond donors (Lipinski definition) is 3. The fourth-order valence-electron chi connectivity index (χ4n) is 1.75. The van der Waals surface area contributed by atoms with Crippen LogP contribution in [0.3, 0.4) is 0 Å². The molecule has 110 valence electrons. The van der Waals surface area contributed by atoms with Gasteiger partial charge in [0.1, 0.15) is 5.84 Å². The van der Waals surface area contributed by atoms with Crippen molar-refractivity contribution in [2.75, 3.05) is 13.1 Å². The summed E-state index contributed by atoms with van der Waals surface area (Å²) in [4.78, 5) is 10.1. The second kappa shape index (κ2) is 8.87. The summed E-state index contributed by atoms with van der Waals surface area (Å²) in [6, 6.07) is 6.59. The van der Waals surface area contributed by atoms with Crippen molar-refractivity contribution >= 4 is 11.5 Å². The predicted octanol–water partition coefficient (Wildman–Crippen LogP) is 1.64. The van der Waals surface area contributed by atoms with Gasteiger partial charge in [0.05, 0.1) is 4.92 Å². The molecule has 0 fully saturated rings. The number of non-ortho nitro benzene ring substituents is 1. The number of nitrogens with zero attached hydrogens (tertiary/aromatic N) is 2. The minimum absolute atomic E-state index is 0.116. The van der Waals surface area contributed by atoms with Crippen LogP contribution in [-0.4, -0.2) is 29.1 Å². The molecular formula is C13H20N4O3. The number of unbranched alkanes of at least 4 members (excludes halogenated alkanes) is 1. The van der Waals surface area contributed by atoms with Crippen molar-refractivity contribution in [1.82, 2.24) is 5.32 Å². The smallest absolute Gasteiger partial charge is 0.269 e. The minimum Gasteiger partial charge on any atom is -0.409 e. The monoisotopic (exact) mass is 280 g/mol. The zero-order valence-corrected chi connectivity index (χ0v) is 11.3. The Labute approximate surface area is 117 Å². The molecular weight excluding hydrogens is 260 g/mol. The summed E-state index contributed by atoms with van der Waals surface area (Å²) in [5.41, 5.74) is 6.54. The van der Waals surface area contributed by atoms with Crippen LogP contribution in [-0.2, 0) is 6.42 Å². The third-order valence-corrected chi connectivity index (χ3v) is 2.90. The van der Waals surface area contributed by atoms with Gasteiger partial charge in [-0.05, 0) is 37.9 Å². The fourth-order valence-corrected chi connectivity index (χ4v) is 1.75. The highest BCUT2D eigenvalue weighted by Gasteiger charge is 2.03. The summed E-state index contributed by atoms with van der Waals surface area (Å²) in [5.74, 6) is 0.260. The lowest BCUT2D eigenvalue weighted by atomic mass is 10.1. The molecule has 0 aliphatic carbocycles. The molecule has 7 heteroatoms. The van der Waals surface area contributed by atoms with E-state index < -0.39 is 4.92 Å². The number of benzene rings is 1. The zero-order chi connectivity index (χ0) is 14.8. The first kappa shape index (κ1) is 15.9. The average molecular weight is 280 g/mol. The molecule has 0 aliphatic rings. The van der Waals surface area contributed by atoms with Crippen LogP contribution in [0.15, 0.2) is 29.4 Å². The summed E-state index contributed by atoms with van der Waals surface area (Å²) in [6.45, 7) is 1.69. The third kappa shape index (κ3) is 6.14. The van der Waals surface area contributed by atoms with Crippen molar-refractivity contribution in [3.63, 3.8) is 0 Å². The first-order valence-corrected chi connectivity index (χ1v) is 6.54. The molecule has 0 bridgehead atoms. The van der Waals surface area contributed by atoms with Gasteiger partial charge in [-0.25, -0.2) is 0 Å². The molecule has 7 nitrogen and oxygen atoms in total. The molecule has 0 aliphatic heterocycles.